The van der Waals surface area contributed by atoms with Gasteiger partial charge < -0.3 is 16.4 Å². The molecule has 8 nitrogen and oxygen atoms in total. The van der Waals surface area contributed by atoms with E-state index in [1.807, 2.05) is 30.3 Å². The van der Waals surface area contributed by atoms with E-state index in [2.05, 4.69) is 10.6 Å². The van der Waals surface area contributed by atoms with Crippen molar-refractivity contribution in [1.29, 1.82) is 0 Å². The van der Waals surface area contributed by atoms with Crippen LogP contribution in [0.1, 0.15) is 12.8 Å². The molecule has 0 unspecified atom stereocenters. The number of rotatable bonds is 5. The number of fused-ring (bicyclic) bond motifs is 1. The first-order valence-corrected chi connectivity index (χ1v) is 11.7. The lowest BCUT2D eigenvalue weighted by atomic mass is 9.97. The Morgan fingerprint density at radius 3 is 2.19 bits per heavy atom. The summed E-state index contributed by atoms with van der Waals surface area (Å²) in [7, 11) is -3.63. The van der Waals surface area contributed by atoms with Gasteiger partial charge in [0.25, 0.3) is 0 Å². The number of carbonyl (C=O) groups is 2. The van der Waals surface area contributed by atoms with Gasteiger partial charge in [0.2, 0.25) is 15.9 Å². The number of nitrogens with one attached hydrogen (secondary N) is 2. The molecular weight excluding hydrogens is 428 g/mol. The molecule has 1 heterocycles. The highest BCUT2D eigenvalue weighted by molar-refractivity contribution is 7.89. The van der Waals surface area contributed by atoms with Crippen LogP contribution in [0.5, 0.6) is 0 Å². The highest BCUT2D eigenvalue weighted by Crippen LogP contribution is 2.27. The summed E-state index contributed by atoms with van der Waals surface area (Å²) in [6, 6.07) is 18.7. The Morgan fingerprint density at radius 2 is 1.50 bits per heavy atom. The number of nitrogens with zero attached hydrogens (tertiary/aromatic N) is 1. The zero-order chi connectivity index (χ0) is 22.7. The summed E-state index contributed by atoms with van der Waals surface area (Å²) >= 11 is 0. The topological polar surface area (TPSA) is 122 Å². The second-order valence-corrected chi connectivity index (χ2v) is 9.68. The van der Waals surface area contributed by atoms with E-state index in [0.29, 0.717) is 24.2 Å². The van der Waals surface area contributed by atoms with Crippen LogP contribution in [0.4, 0.5) is 16.2 Å². The summed E-state index contributed by atoms with van der Waals surface area (Å²) in [6.45, 7) is 0.549. The summed E-state index contributed by atoms with van der Waals surface area (Å²) in [5.41, 5.74) is 6.13. The van der Waals surface area contributed by atoms with Crippen molar-refractivity contribution in [3.63, 3.8) is 0 Å². The maximum Gasteiger partial charge on any atom is 0.316 e. The van der Waals surface area contributed by atoms with Crippen molar-refractivity contribution in [2.24, 2.45) is 11.7 Å². The maximum atomic E-state index is 13.1. The first-order chi connectivity index (χ1) is 15.3. The molecule has 0 radical (unpaired) electrons. The summed E-state index contributed by atoms with van der Waals surface area (Å²) in [5, 5.41) is 7.15. The molecule has 0 spiro atoms. The minimum Gasteiger partial charge on any atom is -0.351 e. The van der Waals surface area contributed by atoms with Crippen molar-refractivity contribution in [3.8, 4) is 0 Å². The number of hydrogen-bond donors (Lipinski definition) is 3. The molecule has 0 saturated carbocycles. The minimum absolute atomic E-state index is 0.177. The summed E-state index contributed by atoms with van der Waals surface area (Å²) in [4.78, 5) is 23.9. The summed E-state index contributed by atoms with van der Waals surface area (Å²) < 4.78 is 27.7. The third kappa shape index (κ3) is 4.74. The fourth-order valence-electron chi connectivity index (χ4n) is 3.90. The molecule has 1 fully saturated rings. The lowest BCUT2D eigenvalue weighted by Gasteiger charge is -2.30. The van der Waals surface area contributed by atoms with Crippen LogP contribution in [0, 0.1) is 5.92 Å². The van der Waals surface area contributed by atoms with Crippen LogP contribution < -0.4 is 16.4 Å². The van der Waals surface area contributed by atoms with Gasteiger partial charge in [0.15, 0.2) is 0 Å². The molecule has 32 heavy (non-hydrogen) atoms. The zero-order valence-electron chi connectivity index (χ0n) is 17.3. The SMILES string of the molecule is NC(=O)Nc1cccc(NC(=O)C2CCN(S(=O)(=O)c3ccc4ccccc4c3)CC2)c1. The molecule has 0 atom stereocenters. The van der Waals surface area contributed by atoms with Gasteiger partial charge >= 0.3 is 6.03 Å². The summed E-state index contributed by atoms with van der Waals surface area (Å²) in [5.74, 6) is -0.477. The predicted octanol–water partition coefficient (Wildman–Crippen LogP) is 3.37. The molecule has 1 saturated heterocycles. The van der Waals surface area contributed by atoms with Crippen molar-refractivity contribution in [2.45, 2.75) is 17.7 Å². The number of amides is 3. The lowest BCUT2D eigenvalue weighted by molar-refractivity contribution is -0.120. The Bertz CT molecular complexity index is 1270. The van der Waals surface area contributed by atoms with Gasteiger partial charge in [0.05, 0.1) is 4.90 Å². The van der Waals surface area contributed by atoms with Crippen LogP contribution in [-0.4, -0.2) is 37.8 Å². The fraction of sp³-hybridized carbons (Fsp3) is 0.217. The van der Waals surface area contributed by atoms with Gasteiger partial charge in [-0.25, -0.2) is 13.2 Å². The first kappa shape index (κ1) is 21.8. The number of primary amides is 1. The fourth-order valence-corrected chi connectivity index (χ4v) is 5.40. The smallest absolute Gasteiger partial charge is 0.316 e. The van der Waals surface area contributed by atoms with E-state index >= 15 is 0 Å². The molecule has 4 N–H and O–H groups in total. The Morgan fingerprint density at radius 1 is 0.844 bits per heavy atom. The number of hydrogen-bond acceptors (Lipinski definition) is 4. The van der Waals surface area contributed by atoms with Crippen LogP contribution in [0.15, 0.2) is 71.6 Å². The van der Waals surface area contributed by atoms with Crippen molar-refractivity contribution in [2.75, 3.05) is 23.7 Å². The Kier molecular flexibility index (Phi) is 6.11. The number of piperidine rings is 1. The number of sulfonamides is 1. The van der Waals surface area contributed by atoms with Crippen molar-refractivity contribution in [3.05, 3.63) is 66.7 Å². The lowest BCUT2D eigenvalue weighted by Crippen LogP contribution is -2.41. The van der Waals surface area contributed by atoms with Gasteiger partial charge in [-0.3, -0.25) is 4.79 Å². The molecule has 1 aliphatic heterocycles. The van der Waals surface area contributed by atoms with E-state index in [9.17, 15) is 18.0 Å². The number of urea groups is 1. The largest absolute Gasteiger partial charge is 0.351 e. The molecule has 9 heteroatoms. The average Bonchev–Trinajstić information content (AvgIpc) is 2.78. The normalized spacial score (nSPS) is 15.4. The van der Waals surface area contributed by atoms with E-state index in [1.165, 1.54) is 4.31 Å². The van der Waals surface area contributed by atoms with Gasteiger partial charge in [0.1, 0.15) is 0 Å². The molecule has 3 amide bonds. The molecule has 0 aromatic heterocycles. The zero-order valence-corrected chi connectivity index (χ0v) is 18.1. The molecule has 3 aromatic rings. The van der Waals surface area contributed by atoms with E-state index in [-0.39, 0.29) is 29.8 Å². The number of nitrogens with two attached hydrogens (primary N) is 1. The Balaban J connectivity index is 1.39. The van der Waals surface area contributed by atoms with Gasteiger partial charge in [0, 0.05) is 30.4 Å². The Hall–Kier alpha value is -3.43. The third-order valence-electron chi connectivity index (χ3n) is 5.58. The van der Waals surface area contributed by atoms with E-state index in [0.717, 1.165) is 10.8 Å². The molecule has 0 aliphatic carbocycles. The van der Waals surface area contributed by atoms with Crippen LogP contribution in [0.25, 0.3) is 10.8 Å². The van der Waals surface area contributed by atoms with Crippen molar-refractivity contribution >= 4 is 44.1 Å². The van der Waals surface area contributed by atoms with E-state index in [1.54, 1.807) is 36.4 Å². The van der Waals surface area contributed by atoms with Gasteiger partial charge in [-0.05, 0) is 53.9 Å². The second kappa shape index (κ2) is 8.97. The Labute approximate surface area is 186 Å². The van der Waals surface area contributed by atoms with Gasteiger partial charge in [-0.1, -0.05) is 36.4 Å². The van der Waals surface area contributed by atoms with Crippen LogP contribution in [0.2, 0.25) is 0 Å². The van der Waals surface area contributed by atoms with Crippen LogP contribution in [-0.2, 0) is 14.8 Å². The summed E-state index contributed by atoms with van der Waals surface area (Å²) in [6.07, 6.45) is 0.857. The molecule has 4 rings (SSSR count). The molecule has 3 aromatic carbocycles. The predicted molar refractivity (Wildman–Crippen MR) is 124 cm³/mol. The van der Waals surface area contributed by atoms with E-state index < -0.39 is 16.1 Å². The number of benzene rings is 3. The van der Waals surface area contributed by atoms with E-state index in [4.69, 9.17) is 5.73 Å². The first-order valence-electron chi connectivity index (χ1n) is 10.3. The molecular formula is C23H24N4O4S. The van der Waals surface area contributed by atoms with Crippen molar-refractivity contribution in [1.82, 2.24) is 4.31 Å². The third-order valence-corrected chi connectivity index (χ3v) is 7.48. The molecule has 1 aliphatic rings. The number of anilines is 2. The van der Waals surface area contributed by atoms with Crippen LogP contribution in [0.3, 0.4) is 0 Å². The highest BCUT2D eigenvalue weighted by atomic mass is 32.2. The van der Waals surface area contributed by atoms with Gasteiger partial charge in [-0.2, -0.15) is 4.31 Å². The second-order valence-electron chi connectivity index (χ2n) is 7.75. The maximum absolute atomic E-state index is 13.1. The average molecular weight is 453 g/mol. The van der Waals surface area contributed by atoms with Crippen LogP contribution >= 0.6 is 0 Å². The monoisotopic (exact) mass is 452 g/mol. The van der Waals surface area contributed by atoms with Gasteiger partial charge in [-0.15, -0.1) is 0 Å². The highest BCUT2D eigenvalue weighted by Gasteiger charge is 2.32. The van der Waals surface area contributed by atoms with Crippen molar-refractivity contribution < 1.29 is 18.0 Å². The minimum atomic E-state index is -3.63. The molecule has 0 bridgehead atoms. The standard InChI is InChI=1S/C23H24N4O4S/c24-23(29)26-20-7-3-6-19(15-20)25-22(28)17-10-12-27(13-11-17)32(30,31)21-9-8-16-4-1-2-5-18(16)14-21/h1-9,14-15,17H,10-13H2,(H,25,28)(H3,24,26,29). The molecule has 166 valence electrons. The quantitative estimate of drug-likeness (QED) is 0.549. The number of carbonyl (C=O) groups excluding carboxylic acids is 2.